The van der Waals surface area contributed by atoms with E-state index >= 15 is 0 Å². The Hall–Kier alpha value is -0.0400. The van der Waals surface area contributed by atoms with E-state index in [0.29, 0.717) is 6.10 Å². The molecule has 0 aliphatic carbocycles. The van der Waals surface area contributed by atoms with Gasteiger partial charge in [0.25, 0.3) is 0 Å². The summed E-state index contributed by atoms with van der Waals surface area (Å²) < 4.78 is 5.67. The van der Waals surface area contributed by atoms with Crippen LogP contribution in [-0.2, 0) is 4.74 Å². The van der Waals surface area contributed by atoms with Crippen LogP contribution < -0.4 is 0 Å². The predicted octanol–water partition coefficient (Wildman–Crippen LogP) is 3.38. The van der Waals surface area contributed by atoms with Gasteiger partial charge >= 0.3 is 0 Å². The lowest BCUT2D eigenvalue weighted by atomic mass is 9.96. The van der Waals surface area contributed by atoms with Crippen molar-refractivity contribution in [2.24, 2.45) is 0 Å². The van der Waals surface area contributed by atoms with Gasteiger partial charge in [-0.1, -0.05) is 13.8 Å². The van der Waals surface area contributed by atoms with E-state index in [0.717, 1.165) is 0 Å². The molecule has 68 valence electrons. The standard InChI is InChI=1S/C8H16O.C2H6/c1-7-5-4-6-8(2,3)9-7;1-2/h7H,4-6H2,1-3H3;1-2H3. The highest BCUT2D eigenvalue weighted by atomic mass is 16.5. The summed E-state index contributed by atoms with van der Waals surface area (Å²) in [5, 5.41) is 0. The van der Waals surface area contributed by atoms with Gasteiger partial charge in [0.2, 0.25) is 0 Å². The first-order valence-electron chi connectivity index (χ1n) is 4.78. The van der Waals surface area contributed by atoms with Crippen molar-refractivity contribution in [3.63, 3.8) is 0 Å². The summed E-state index contributed by atoms with van der Waals surface area (Å²) >= 11 is 0. The van der Waals surface area contributed by atoms with Crippen LogP contribution >= 0.6 is 0 Å². The topological polar surface area (TPSA) is 9.23 Å². The molecule has 1 heterocycles. The van der Waals surface area contributed by atoms with Crippen molar-refractivity contribution < 1.29 is 4.74 Å². The van der Waals surface area contributed by atoms with Crippen molar-refractivity contribution in [3.8, 4) is 0 Å². The first kappa shape index (κ1) is 11.0. The molecule has 1 saturated heterocycles. The quantitative estimate of drug-likeness (QED) is 0.525. The third-order valence-corrected chi connectivity index (χ3v) is 1.91. The fourth-order valence-corrected chi connectivity index (χ4v) is 1.48. The molecule has 1 fully saturated rings. The Morgan fingerprint density at radius 3 is 2.09 bits per heavy atom. The molecule has 0 aromatic carbocycles. The molecule has 1 unspecified atom stereocenters. The molecule has 1 heteroatoms. The Labute approximate surface area is 71.1 Å². The molecule has 1 rings (SSSR count). The second kappa shape index (κ2) is 4.76. The zero-order chi connectivity index (χ0) is 8.91. The van der Waals surface area contributed by atoms with E-state index in [1.165, 1.54) is 19.3 Å². The first-order valence-corrected chi connectivity index (χ1v) is 4.78. The predicted molar refractivity (Wildman–Crippen MR) is 49.8 cm³/mol. The third-order valence-electron chi connectivity index (χ3n) is 1.91. The van der Waals surface area contributed by atoms with E-state index in [2.05, 4.69) is 20.8 Å². The first-order chi connectivity index (χ1) is 5.10. The Balaban J connectivity index is 0.000000461. The lowest BCUT2D eigenvalue weighted by molar-refractivity contribution is -0.0979. The molecule has 0 amide bonds. The summed E-state index contributed by atoms with van der Waals surface area (Å²) in [6.07, 6.45) is 4.27. The van der Waals surface area contributed by atoms with Crippen LogP contribution in [0.1, 0.15) is 53.9 Å². The number of rotatable bonds is 0. The van der Waals surface area contributed by atoms with Crippen LogP contribution in [0.4, 0.5) is 0 Å². The molecular weight excluding hydrogens is 136 g/mol. The van der Waals surface area contributed by atoms with Crippen LogP contribution in [-0.4, -0.2) is 11.7 Å². The molecule has 0 aromatic heterocycles. The lowest BCUT2D eigenvalue weighted by Gasteiger charge is -2.34. The van der Waals surface area contributed by atoms with E-state index in [9.17, 15) is 0 Å². The normalized spacial score (nSPS) is 28.6. The van der Waals surface area contributed by atoms with Gasteiger partial charge in [0.05, 0.1) is 11.7 Å². The van der Waals surface area contributed by atoms with E-state index in [-0.39, 0.29) is 5.60 Å². The molecule has 0 spiro atoms. The highest BCUT2D eigenvalue weighted by molar-refractivity contribution is 4.75. The van der Waals surface area contributed by atoms with Crippen molar-refractivity contribution >= 4 is 0 Å². The number of hydrogen-bond acceptors (Lipinski definition) is 1. The van der Waals surface area contributed by atoms with Gasteiger partial charge in [-0.2, -0.15) is 0 Å². The van der Waals surface area contributed by atoms with Gasteiger partial charge in [0.1, 0.15) is 0 Å². The molecule has 1 aliphatic heterocycles. The minimum absolute atomic E-state index is 0.150. The van der Waals surface area contributed by atoms with Crippen molar-refractivity contribution in [3.05, 3.63) is 0 Å². The summed E-state index contributed by atoms with van der Waals surface area (Å²) in [6, 6.07) is 0. The van der Waals surface area contributed by atoms with Crippen LogP contribution in [0.2, 0.25) is 0 Å². The molecule has 0 bridgehead atoms. The minimum atomic E-state index is 0.150. The van der Waals surface area contributed by atoms with Gasteiger partial charge < -0.3 is 4.74 Å². The van der Waals surface area contributed by atoms with Gasteiger partial charge in [-0.25, -0.2) is 0 Å². The van der Waals surface area contributed by atoms with Gasteiger partial charge in [0, 0.05) is 0 Å². The monoisotopic (exact) mass is 158 g/mol. The fraction of sp³-hybridized carbons (Fsp3) is 1.00. The smallest absolute Gasteiger partial charge is 0.0630 e. The van der Waals surface area contributed by atoms with Gasteiger partial charge in [-0.3, -0.25) is 0 Å². The maximum absolute atomic E-state index is 5.67. The Kier molecular flexibility index (Phi) is 4.74. The molecule has 1 atom stereocenters. The van der Waals surface area contributed by atoms with E-state index in [1.54, 1.807) is 0 Å². The average molecular weight is 158 g/mol. The summed E-state index contributed by atoms with van der Waals surface area (Å²) in [6.45, 7) is 10.5. The molecule has 0 saturated carbocycles. The van der Waals surface area contributed by atoms with Crippen LogP contribution in [0.3, 0.4) is 0 Å². The van der Waals surface area contributed by atoms with Gasteiger partial charge in [-0.05, 0) is 40.0 Å². The van der Waals surface area contributed by atoms with E-state index in [1.807, 2.05) is 13.8 Å². The van der Waals surface area contributed by atoms with E-state index in [4.69, 9.17) is 4.74 Å². The molecule has 0 radical (unpaired) electrons. The Morgan fingerprint density at radius 2 is 1.82 bits per heavy atom. The Bertz CT molecular complexity index is 97.0. The van der Waals surface area contributed by atoms with Crippen molar-refractivity contribution in [1.29, 1.82) is 0 Å². The zero-order valence-corrected chi connectivity index (χ0v) is 8.61. The summed E-state index contributed by atoms with van der Waals surface area (Å²) in [5.74, 6) is 0. The van der Waals surface area contributed by atoms with Crippen molar-refractivity contribution in [1.82, 2.24) is 0 Å². The van der Waals surface area contributed by atoms with Gasteiger partial charge in [-0.15, -0.1) is 0 Å². The highest BCUT2D eigenvalue weighted by Crippen LogP contribution is 2.27. The van der Waals surface area contributed by atoms with Crippen LogP contribution in [0.15, 0.2) is 0 Å². The molecule has 1 nitrogen and oxygen atoms in total. The maximum Gasteiger partial charge on any atom is 0.0630 e. The fourth-order valence-electron chi connectivity index (χ4n) is 1.48. The summed E-state index contributed by atoms with van der Waals surface area (Å²) in [5.41, 5.74) is 0.150. The average Bonchev–Trinajstić information content (AvgIpc) is 1.89. The third kappa shape index (κ3) is 4.41. The molecular formula is C10H22O. The highest BCUT2D eigenvalue weighted by Gasteiger charge is 2.25. The SMILES string of the molecule is CC.CC1CCCC(C)(C)O1. The second-order valence-electron chi connectivity index (χ2n) is 3.58. The number of ether oxygens (including phenoxy) is 1. The van der Waals surface area contributed by atoms with Crippen molar-refractivity contribution in [2.45, 2.75) is 65.6 Å². The summed E-state index contributed by atoms with van der Waals surface area (Å²) in [4.78, 5) is 0. The van der Waals surface area contributed by atoms with Crippen molar-refractivity contribution in [2.75, 3.05) is 0 Å². The molecule has 1 aliphatic rings. The summed E-state index contributed by atoms with van der Waals surface area (Å²) in [7, 11) is 0. The Morgan fingerprint density at radius 1 is 1.27 bits per heavy atom. The van der Waals surface area contributed by atoms with Crippen LogP contribution in [0, 0.1) is 0 Å². The molecule has 0 aromatic rings. The van der Waals surface area contributed by atoms with Gasteiger partial charge in [0.15, 0.2) is 0 Å². The molecule has 0 N–H and O–H groups in total. The maximum atomic E-state index is 5.67. The van der Waals surface area contributed by atoms with Crippen LogP contribution in [0.5, 0.6) is 0 Å². The van der Waals surface area contributed by atoms with Crippen LogP contribution in [0.25, 0.3) is 0 Å². The minimum Gasteiger partial charge on any atom is -0.373 e. The number of hydrogen-bond donors (Lipinski definition) is 0. The second-order valence-corrected chi connectivity index (χ2v) is 3.58. The lowest BCUT2D eigenvalue weighted by Crippen LogP contribution is -2.33. The largest absolute Gasteiger partial charge is 0.373 e. The molecule has 11 heavy (non-hydrogen) atoms. The van der Waals surface area contributed by atoms with E-state index < -0.39 is 0 Å². The zero-order valence-electron chi connectivity index (χ0n) is 8.61.